The van der Waals surface area contributed by atoms with Gasteiger partial charge in [0.2, 0.25) is 0 Å². The minimum atomic E-state index is 0.919. The van der Waals surface area contributed by atoms with E-state index < -0.39 is 0 Å². The van der Waals surface area contributed by atoms with Crippen molar-refractivity contribution in [1.29, 1.82) is 0 Å². The van der Waals surface area contributed by atoms with Crippen LogP contribution in [0.3, 0.4) is 0 Å². The molecule has 3 aromatic rings. The van der Waals surface area contributed by atoms with E-state index in [0.29, 0.717) is 0 Å². The van der Waals surface area contributed by atoms with Gasteiger partial charge in [-0.3, -0.25) is 0 Å². The van der Waals surface area contributed by atoms with E-state index in [9.17, 15) is 0 Å². The molecule has 0 radical (unpaired) electrons. The number of nitrogens with zero attached hydrogens (tertiary/aromatic N) is 1. The number of para-hydroxylation sites is 1. The van der Waals surface area contributed by atoms with Crippen LogP contribution in [0.1, 0.15) is 29.5 Å². The lowest BCUT2D eigenvalue weighted by molar-refractivity contribution is 0.675. The third kappa shape index (κ3) is 3.69. The Bertz CT molecular complexity index is 668. The smallest absolute Gasteiger partial charge is 0.0982 e. The molecule has 0 spiro atoms. The molecule has 0 bridgehead atoms. The fraction of sp³-hybridized carbons (Fsp3) is 0.278. The maximum Gasteiger partial charge on any atom is 0.0982 e. The number of rotatable bonds is 6. The van der Waals surface area contributed by atoms with Crippen molar-refractivity contribution in [1.82, 2.24) is 10.3 Å². The predicted molar refractivity (Wildman–Crippen MR) is 90.9 cm³/mol. The molecule has 21 heavy (non-hydrogen) atoms. The average molecular weight is 296 g/mol. The van der Waals surface area contributed by atoms with Crippen LogP contribution in [0.4, 0.5) is 0 Å². The first kappa shape index (κ1) is 14.2. The zero-order chi connectivity index (χ0) is 14.5. The van der Waals surface area contributed by atoms with Gasteiger partial charge in [0.15, 0.2) is 0 Å². The molecule has 0 atom stereocenters. The summed E-state index contributed by atoms with van der Waals surface area (Å²) in [5, 5.41) is 4.62. The van der Waals surface area contributed by atoms with E-state index in [2.05, 4.69) is 54.7 Å². The molecule has 1 N–H and O–H groups in total. The van der Waals surface area contributed by atoms with E-state index in [1.807, 2.05) is 6.07 Å². The largest absolute Gasteiger partial charge is 0.313 e. The first-order chi connectivity index (χ1) is 10.3. The summed E-state index contributed by atoms with van der Waals surface area (Å²) >= 11 is 1.79. The standard InChI is InChI=1S/C18H20N2S/c1-2-11-19-13-15-9-7-14(8-10-15)12-18-20-16-5-3-4-6-17(16)21-18/h3-10,19H,2,11-13H2,1H3. The van der Waals surface area contributed by atoms with Gasteiger partial charge in [0.1, 0.15) is 0 Å². The Labute approximate surface area is 129 Å². The Balaban J connectivity index is 1.67. The van der Waals surface area contributed by atoms with E-state index in [1.165, 1.54) is 27.3 Å². The molecule has 0 unspecified atom stereocenters. The fourth-order valence-corrected chi connectivity index (χ4v) is 3.36. The fourth-order valence-electron chi connectivity index (χ4n) is 2.35. The topological polar surface area (TPSA) is 24.9 Å². The monoisotopic (exact) mass is 296 g/mol. The second-order valence-electron chi connectivity index (χ2n) is 5.25. The number of benzene rings is 2. The van der Waals surface area contributed by atoms with Crippen molar-refractivity contribution in [3.8, 4) is 0 Å². The van der Waals surface area contributed by atoms with Crippen molar-refractivity contribution in [3.05, 3.63) is 64.7 Å². The summed E-state index contributed by atoms with van der Waals surface area (Å²) < 4.78 is 1.27. The van der Waals surface area contributed by atoms with Gasteiger partial charge in [-0.2, -0.15) is 0 Å². The molecule has 1 aromatic heterocycles. The van der Waals surface area contributed by atoms with Gasteiger partial charge in [0.25, 0.3) is 0 Å². The molecule has 0 saturated carbocycles. The highest BCUT2D eigenvalue weighted by molar-refractivity contribution is 7.18. The lowest BCUT2D eigenvalue weighted by atomic mass is 10.1. The van der Waals surface area contributed by atoms with Crippen LogP contribution in [0, 0.1) is 0 Å². The van der Waals surface area contributed by atoms with Crippen molar-refractivity contribution in [2.24, 2.45) is 0 Å². The number of hydrogen-bond donors (Lipinski definition) is 1. The van der Waals surface area contributed by atoms with E-state index in [-0.39, 0.29) is 0 Å². The summed E-state index contributed by atoms with van der Waals surface area (Å²) in [5.74, 6) is 0. The van der Waals surface area contributed by atoms with Crippen molar-refractivity contribution in [3.63, 3.8) is 0 Å². The number of hydrogen-bond acceptors (Lipinski definition) is 3. The van der Waals surface area contributed by atoms with Gasteiger partial charge in [-0.05, 0) is 36.2 Å². The molecule has 108 valence electrons. The van der Waals surface area contributed by atoms with Crippen LogP contribution >= 0.6 is 11.3 Å². The highest BCUT2D eigenvalue weighted by atomic mass is 32.1. The quantitative estimate of drug-likeness (QED) is 0.683. The molecule has 0 aliphatic rings. The second kappa shape index (κ2) is 6.83. The molecule has 0 saturated heterocycles. The molecule has 3 heteroatoms. The Morgan fingerprint density at radius 3 is 2.52 bits per heavy atom. The Morgan fingerprint density at radius 1 is 1.00 bits per heavy atom. The van der Waals surface area contributed by atoms with Crippen LogP contribution in [-0.2, 0) is 13.0 Å². The van der Waals surface area contributed by atoms with Crippen molar-refractivity contribution in [2.45, 2.75) is 26.3 Å². The minimum absolute atomic E-state index is 0.919. The Kier molecular flexibility index (Phi) is 4.63. The van der Waals surface area contributed by atoms with Gasteiger partial charge in [-0.25, -0.2) is 4.98 Å². The Hall–Kier alpha value is -1.71. The number of thiazole rings is 1. The summed E-state index contributed by atoms with van der Waals surface area (Å²) in [6.45, 7) is 4.22. The normalized spacial score (nSPS) is 11.1. The third-order valence-electron chi connectivity index (χ3n) is 3.47. The molecule has 1 heterocycles. The molecule has 2 aromatic carbocycles. The van der Waals surface area contributed by atoms with Crippen LogP contribution < -0.4 is 5.32 Å². The lowest BCUT2D eigenvalue weighted by Crippen LogP contribution is -2.13. The van der Waals surface area contributed by atoms with Gasteiger partial charge in [0, 0.05) is 13.0 Å². The summed E-state index contributed by atoms with van der Waals surface area (Å²) in [7, 11) is 0. The first-order valence-corrected chi connectivity index (χ1v) is 8.30. The SMILES string of the molecule is CCCNCc1ccc(Cc2nc3ccccc3s2)cc1. The molecule has 2 nitrogen and oxygen atoms in total. The summed E-state index contributed by atoms with van der Waals surface area (Å²) in [6, 6.07) is 17.2. The zero-order valence-corrected chi connectivity index (χ0v) is 13.1. The van der Waals surface area contributed by atoms with Crippen LogP contribution in [-0.4, -0.2) is 11.5 Å². The van der Waals surface area contributed by atoms with Crippen LogP contribution in [0.15, 0.2) is 48.5 Å². The molecule has 0 amide bonds. The predicted octanol–water partition coefficient (Wildman–Crippen LogP) is 4.39. The lowest BCUT2D eigenvalue weighted by Gasteiger charge is -2.04. The Morgan fingerprint density at radius 2 is 1.76 bits per heavy atom. The van der Waals surface area contributed by atoms with E-state index in [0.717, 1.165) is 25.0 Å². The third-order valence-corrected chi connectivity index (χ3v) is 4.51. The highest BCUT2D eigenvalue weighted by Gasteiger charge is 2.04. The minimum Gasteiger partial charge on any atom is -0.313 e. The molecule has 0 fully saturated rings. The van der Waals surface area contributed by atoms with Gasteiger partial charge < -0.3 is 5.32 Å². The van der Waals surface area contributed by atoms with E-state index >= 15 is 0 Å². The van der Waals surface area contributed by atoms with E-state index in [1.54, 1.807) is 11.3 Å². The molecular formula is C18H20N2S. The number of fused-ring (bicyclic) bond motifs is 1. The van der Waals surface area contributed by atoms with Crippen LogP contribution in [0.25, 0.3) is 10.2 Å². The summed E-state index contributed by atoms with van der Waals surface area (Å²) in [4.78, 5) is 4.70. The number of aromatic nitrogens is 1. The van der Waals surface area contributed by atoms with Crippen LogP contribution in [0.5, 0.6) is 0 Å². The van der Waals surface area contributed by atoms with Crippen molar-refractivity contribution in [2.75, 3.05) is 6.54 Å². The van der Waals surface area contributed by atoms with Gasteiger partial charge in [-0.1, -0.05) is 43.3 Å². The summed E-state index contributed by atoms with van der Waals surface area (Å²) in [6.07, 6.45) is 2.09. The van der Waals surface area contributed by atoms with Gasteiger partial charge in [0.05, 0.1) is 15.2 Å². The zero-order valence-electron chi connectivity index (χ0n) is 12.3. The molecule has 3 rings (SSSR count). The molecule has 0 aliphatic carbocycles. The van der Waals surface area contributed by atoms with Gasteiger partial charge >= 0.3 is 0 Å². The summed E-state index contributed by atoms with van der Waals surface area (Å²) in [5.41, 5.74) is 3.78. The van der Waals surface area contributed by atoms with Crippen molar-refractivity contribution < 1.29 is 0 Å². The maximum absolute atomic E-state index is 4.70. The average Bonchev–Trinajstić information content (AvgIpc) is 2.91. The van der Waals surface area contributed by atoms with Gasteiger partial charge in [-0.15, -0.1) is 11.3 Å². The molecule has 0 aliphatic heterocycles. The highest BCUT2D eigenvalue weighted by Crippen LogP contribution is 2.23. The molecular weight excluding hydrogens is 276 g/mol. The first-order valence-electron chi connectivity index (χ1n) is 7.48. The van der Waals surface area contributed by atoms with E-state index in [4.69, 9.17) is 4.98 Å². The second-order valence-corrected chi connectivity index (χ2v) is 6.36. The maximum atomic E-state index is 4.70. The van der Waals surface area contributed by atoms with Crippen LogP contribution in [0.2, 0.25) is 0 Å². The van der Waals surface area contributed by atoms with Crippen molar-refractivity contribution >= 4 is 21.6 Å². The number of nitrogens with one attached hydrogen (secondary N) is 1.